The third kappa shape index (κ3) is 4.41. The van der Waals surface area contributed by atoms with Crippen molar-refractivity contribution in [3.05, 3.63) is 63.1 Å². The summed E-state index contributed by atoms with van der Waals surface area (Å²) in [5, 5.41) is 15.4. The minimum Gasteiger partial charge on any atom is -0.487 e. The summed E-state index contributed by atoms with van der Waals surface area (Å²) in [5.74, 6) is 1.13. The average molecular weight is 378 g/mol. The molecule has 3 aromatic rings. The van der Waals surface area contributed by atoms with Gasteiger partial charge in [0.25, 0.3) is 0 Å². The van der Waals surface area contributed by atoms with E-state index in [0.29, 0.717) is 34.9 Å². The third-order valence-corrected chi connectivity index (χ3v) is 4.15. The molecule has 0 saturated heterocycles. The summed E-state index contributed by atoms with van der Waals surface area (Å²) in [7, 11) is 1.75. The summed E-state index contributed by atoms with van der Waals surface area (Å²) in [6, 6.07) is 11.6. The van der Waals surface area contributed by atoms with Crippen LogP contribution in [0.15, 0.2) is 36.4 Å². The zero-order valence-electron chi connectivity index (χ0n) is 13.8. The molecule has 0 spiro atoms. The van der Waals surface area contributed by atoms with Crippen molar-refractivity contribution >= 4 is 29.2 Å². The highest BCUT2D eigenvalue weighted by molar-refractivity contribution is 6.35. The molecule has 2 aromatic carbocycles. The SMILES string of the molecule is Cc1ccc(COc2c(Cl)cc(Cl)cc2CNc2nnnn2C)cc1. The van der Waals surface area contributed by atoms with Crippen molar-refractivity contribution in [2.45, 2.75) is 20.1 Å². The molecule has 0 aliphatic rings. The van der Waals surface area contributed by atoms with Gasteiger partial charge in [-0.1, -0.05) is 58.1 Å². The Morgan fingerprint density at radius 2 is 1.92 bits per heavy atom. The Balaban J connectivity index is 1.77. The molecule has 6 nitrogen and oxygen atoms in total. The van der Waals surface area contributed by atoms with Crippen molar-refractivity contribution in [3.8, 4) is 5.75 Å². The molecule has 0 aliphatic heterocycles. The van der Waals surface area contributed by atoms with Gasteiger partial charge in [0.15, 0.2) is 0 Å². The highest BCUT2D eigenvalue weighted by Crippen LogP contribution is 2.33. The van der Waals surface area contributed by atoms with Crippen LogP contribution in [-0.4, -0.2) is 20.2 Å². The van der Waals surface area contributed by atoms with Gasteiger partial charge in [-0.2, -0.15) is 0 Å². The standard InChI is InChI=1S/C17H17Cl2N5O/c1-11-3-5-12(6-4-11)10-25-16-13(7-14(18)8-15(16)19)9-20-17-21-22-23-24(17)2/h3-8H,9-10H2,1-2H3,(H,20,21,23). The number of aryl methyl sites for hydroxylation is 2. The van der Waals surface area contributed by atoms with E-state index in [1.54, 1.807) is 17.8 Å². The van der Waals surface area contributed by atoms with E-state index >= 15 is 0 Å². The number of nitrogens with zero attached hydrogens (tertiary/aromatic N) is 4. The van der Waals surface area contributed by atoms with Crippen molar-refractivity contribution in [3.63, 3.8) is 0 Å². The summed E-state index contributed by atoms with van der Waals surface area (Å²) in [6.45, 7) is 2.89. The maximum atomic E-state index is 6.34. The predicted octanol–water partition coefficient (Wildman–Crippen LogP) is 4.02. The Morgan fingerprint density at radius 3 is 2.60 bits per heavy atom. The molecule has 0 amide bonds. The molecule has 25 heavy (non-hydrogen) atoms. The fraction of sp³-hybridized carbons (Fsp3) is 0.235. The van der Waals surface area contributed by atoms with Gasteiger partial charge in [-0.05, 0) is 35.0 Å². The second-order valence-corrected chi connectivity index (χ2v) is 6.47. The largest absolute Gasteiger partial charge is 0.487 e. The fourth-order valence-corrected chi connectivity index (χ4v) is 2.89. The number of nitrogens with one attached hydrogen (secondary N) is 1. The quantitative estimate of drug-likeness (QED) is 0.702. The van der Waals surface area contributed by atoms with E-state index in [4.69, 9.17) is 27.9 Å². The maximum Gasteiger partial charge on any atom is 0.242 e. The van der Waals surface area contributed by atoms with Gasteiger partial charge in [0.2, 0.25) is 5.95 Å². The van der Waals surface area contributed by atoms with Gasteiger partial charge in [0.1, 0.15) is 12.4 Å². The molecule has 0 radical (unpaired) electrons. The maximum absolute atomic E-state index is 6.34. The highest BCUT2D eigenvalue weighted by Gasteiger charge is 2.12. The van der Waals surface area contributed by atoms with Crippen molar-refractivity contribution < 1.29 is 4.74 Å². The number of anilines is 1. The van der Waals surface area contributed by atoms with Gasteiger partial charge < -0.3 is 10.1 Å². The van der Waals surface area contributed by atoms with Crippen molar-refractivity contribution in [1.29, 1.82) is 0 Å². The number of aromatic nitrogens is 4. The Hall–Kier alpha value is -2.31. The smallest absolute Gasteiger partial charge is 0.242 e. The highest BCUT2D eigenvalue weighted by atomic mass is 35.5. The van der Waals surface area contributed by atoms with Gasteiger partial charge >= 0.3 is 0 Å². The zero-order chi connectivity index (χ0) is 17.8. The van der Waals surface area contributed by atoms with Gasteiger partial charge in [0.05, 0.1) is 5.02 Å². The number of hydrogen-bond donors (Lipinski definition) is 1. The Bertz CT molecular complexity index is 864. The van der Waals surface area contributed by atoms with Crippen LogP contribution in [0.25, 0.3) is 0 Å². The van der Waals surface area contributed by atoms with E-state index in [2.05, 4.69) is 20.8 Å². The lowest BCUT2D eigenvalue weighted by Crippen LogP contribution is -2.08. The molecule has 0 saturated carbocycles. The van der Waals surface area contributed by atoms with Crippen LogP contribution < -0.4 is 10.1 Å². The molecule has 3 rings (SSSR count). The van der Waals surface area contributed by atoms with E-state index in [1.807, 2.05) is 37.3 Å². The van der Waals surface area contributed by atoms with Crippen LogP contribution in [0.1, 0.15) is 16.7 Å². The molecule has 1 aromatic heterocycles. The number of rotatable bonds is 6. The zero-order valence-corrected chi connectivity index (χ0v) is 15.3. The molecule has 0 unspecified atom stereocenters. The van der Waals surface area contributed by atoms with Crippen LogP contribution in [0.4, 0.5) is 5.95 Å². The van der Waals surface area contributed by atoms with E-state index in [9.17, 15) is 0 Å². The minimum atomic E-state index is 0.417. The minimum absolute atomic E-state index is 0.417. The van der Waals surface area contributed by atoms with Crippen LogP contribution in [0.5, 0.6) is 5.75 Å². The molecule has 0 aliphatic carbocycles. The molecule has 1 N–H and O–H groups in total. The number of halogens is 2. The third-order valence-electron chi connectivity index (χ3n) is 3.65. The Morgan fingerprint density at radius 1 is 1.16 bits per heavy atom. The first-order valence-electron chi connectivity index (χ1n) is 7.65. The summed E-state index contributed by atoms with van der Waals surface area (Å²) >= 11 is 12.5. The summed E-state index contributed by atoms with van der Waals surface area (Å²) in [6.07, 6.45) is 0. The van der Waals surface area contributed by atoms with E-state index in [1.165, 1.54) is 5.56 Å². The van der Waals surface area contributed by atoms with E-state index < -0.39 is 0 Å². The van der Waals surface area contributed by atoms with Crippen LogP contribution >= 0.6 is 23.2 Å². The Kier molecular flexibility index (Phi) is 5.40. The monoisotopic (exact) mass is 377 g/mol. The van der Waals surface area contributed by atoms with Crippen LogP contribution in [-0.2, 0) is 20.2 Å². The van der Waals surface area contributed by atoms with E-state index in [0.717, 1.165) is 11.1 Å². The predicted molar refractivity (Wildman–Crippen MR) is 98.1 cm³/mol. The summed E-state index contributed by atoms with van der Waals surface area (Å²) in [5.41, 5.74) is 3.09. The second-order valence-electron chi connectivity index (χ2n) is 5.63. The normalized spacial score (nSPS) is 10.7. The topological polar surface area (TPSA) is 64.9 Å². The van der Waals surface area contributed by atoms with Crippen LogP contribution in [0.2, 0.25) is 10.0 Å². The molecule has 8 heteroatoms. The molecule has 0 fully saturated rings. The number of hydrogen-bond acceptors (Lipinski definition) is 5. The fourth-order valence-electron chi connectivity index (χ4n) is 2.30. The van der Waals surface area contributed by atoms with Crippen molar-refractivity contribution in [2.24, 2.45) is 7.05 Å². The van der Waals surface area contributed by atoms with Crippen LogP contribution in [0.3, 0.4) is 0 Å². The lowest BCUT2D eigenvalue weighted by molar-refractivity contribution is 0.303. The number of tetrazole rings is 1. The summed E-state index contributed by atoms with van der Waals surface area (Å²) < 4.78 is 7.50. The number of ether oxygens (including phenoxy) is 1. The lowest BCUT2D eigenvalue weighted by atomic mass is 10.1. The van der Waals surface area contributed by atoms with Crippen molar-refractivity contribution in [1.82, 2.24) is 20.2 Å². The summed E-state index contributed by atoms with van der Waals surface area (Å²) in [4.78, 5) is 0. The first kappa shape index (κ1) is 17.5. The molecule has 0 atom stereocenters. The lowest BCUT2D eigenvalue weighted by Gasteiger charge is -2.15. The van der Waals surface area contributed by atoms with Crippen molar-refractivity contribution in [2.75, 3.05) is 5.32 Å². The van der Waals surface area contributed by atoms with Gasteiger partial charge in [-0.15, -0.1) is 0 Å². The van der Waals surface area contributed by atoms with Gasteiger partial charge in [-0.3, -0.25) is 0 Å². The average Bonchev–Trinajstić information content (AvgIpc) is 2.98. The second kappa shape index (κ2) is 7.72. The van der Waals surface area contributed by atoms with E-state index in [-0.39, 0.29) is 0 Å². The molecular weight excluding hydrogens is 361 g/mol. The van der Waals surface area contributed by atoms with Gasteiger partial charge in [-0.25, -0.2) is 4.68 Å². The Labute approximate surface area is 155 Å². The molecule has 1 heterocycles. The molecule has 130 valence electrons. The first-order valence-corrected chi connectivity index (χ1v) is 8.41. The first-order chi connectivity index (χ1) is 12.0. The van der Waals surface area contributed by atoms with Crippen LogP contribution in [0, 0.1) is 6.92 Å². The number of benzene rings is 2. The van der Waals surface area contributed by atoms with Gasteiger partial charge in [0, 0.05) is 24.2 Å². The molecule has 0 bridgehead atoms. The molecular formula is C17H17Cl2N5O.